The quantitative estimate of drug-likeness (QED) is 0.593. The van der Waals surface area contributed by atoms with Crippen LogP contribution in [0.4, 0.5) is 8.78 Å². The Morgan fingerprint density at radius 2 is 1.94 bits per heavy atom. The first kappa shape index (κ1) is 22.5. The zero-order valence-electron chi connectivity index (χ0n) is 19.3. The van der Waals surface area contributed by atoms with Gasteiger partial charge in [-0.25, -0.2) is 8.78 Å². The Morgan fingerprint density at radius 3 is 2.65 bits per heavy atom. The van der Waals surface area contributed by atoms with E-state index in [1.165, 1.54) is 18.2 Å². The molecule has 5 rings (SSSR count). The molecule has 2 aliphatic rings. The molecule has 0 unspecified atom stereocenters. The summed E-state index contributed by atoms with van der Waals surface area (Å²) in [6, 6.07) is 8.56. The lowest BCUT2D eigenvalue weighted by Crippen LogP contribution is -2.39. The molecule has 0 spiro atoms. The van der Waals surface area contributed by atoms with Crippen LogP contribution >= 0.6 is 0 Å². The van der Waals surface area contributed by atoms with Crippen molar-refractivity contribution < 1.29 is 18.7 Å². The molecule has 1 amide bonds. The van der Waals surface area contributed by atoms with Gasteiger partial charge in [-0.05, 0) is 67.0 Å². The first-order valence-electron chi connectivity index (χ1n) is 11.4. The molecule has 3 aromatic rings. The van der Waals surface area contributed by atoms with Crippen LogP contribution in [0.15, 0.2) is 42.6 Å². The molecule has 176 valence electrons. The number of hydrogen-bond acceptors (Lipinski definition) is 5. The number of nitrogens with zero attached hydrogens (tertiary/aromatic N) is 3. The van der Waals surface area contributed by atoms with Crippen LogP contribution in [0.1, 0.15) is 66.8 Å². The van der Waals surface area contributed by atoms with Gasteiger partial charge >= 0.3 is 0 Å². The van der Waals surface area contributed by atoms with Crippen molar-refractivity contribution in [2.45, 2.75) is 51.0 Å². The van der Waals surface area contributed by atoms with E-state index < -0.39 is 17.0 Å². The van der Waals surface area contributed by atoms with E-state index in [0.717, 1.165) is 29.8 Å². The Kier molecular flexibility index (Phi) is 5.24. The van der Waals surface area contributed by atoms with Crippen LogP contribution in [-0.2, 0) is 5.41 Å². The predicted molar refractivity (Wildman–Crippen MR) is 122 cm³/mol. The minimum Gasteiger partial charge on any atom is -0.394 e. The first-order chi connectivity index (χ1) is 16.2. The van der Waals surface area contributed by atoms with Crippen molar-refractivity contribution >= 4 is 5.91 Å². The molecular formula is C26H26F2N4O2. The van der Waals surface area contributed by atoms with Crippen molar-refractivity contribution in [1.29, 1.82) is 0 Å². The summed E-state index contributed by atoms with van der Waals surface area (Å²) in [6.45, 7) is 5.87. The lowest BCUT2D eigenvalue weighted by Gasteiger charge is -2.37. The lowest BCUT2D eigenvalue weighted by atomic mass is 9.66. The number of amides is 1. The summed E-state index contributed by atoms with van der Waals surface area (Å²) < 4.78 is 28.9. The Labute approximate surface area is 196 Å². The Morgan fingerprint density at radius 1 is 1.21 bits per heavy atom. The normalized spacial score (nSPS) is 22.9. The fourth-order valence-electron chi connectivity index (χ4n) is 5.91. The maximum Gasteiger partial charge on any atom is 0.251 e. The molecule has 2 N–H and O–H groups in total. The molecule has 1 aromatic carbocycles. The van der Waals surface area contributed by atoms with Gasteiger partial charge in [-0.3, -0.25) is 9.78 Å². The number of carbonyl (C=O) groups is 1. The molecule has 3 atom stereocenters. The molecule has 0 saturated heterocycles. The molecule has 0 aliphatic heterocycles. The number of aliphatic hydroxyl groups is 1. The van der Waals surface area contributed by atoms with Gasteiger partial charge in [-0.15, -0.1) is 5.10 Å². The number of nitrogens with one attached hydrogen (secondary N) is 1. The standard InChI is InChI=1S/C26H26F2N4O2/c1-14(13-33)30-24(34)15-8-10-29-21(11-15)26-9-7-17(25(26,2)3)16-12-20(31-32-23(16)26)22-18(27)5-4-6-19(22)28/h4-6,8,10-12,14,17,33H,7,9,13H2,1-3H3,(H,30,34)/t14-,17-,26-/m0/s1. The van der Waals surface area contributed by atoms with Gasteiger partial charge in [0, 0.05) is 17.8 Å². The van der Waals surface area contributed by atoms with Crippen molar-refractivity contribution in [3.63, 3.8) is 0 Å². The maximum absolute atomic E-state index is 14.4. The number of benzene rings is 1. The number of carbonyl (C=O) groups excluding carboxylic acids is 1. The second-order valence-electron chi connectivity index (χ2n) is 9.84. The SMILES string of the molecule is C[C@@H](CO)NC(=O)c1ccnc([C@@]23CC[C@@H](c4cc(-c5c(F)cccc5F)nnc42)C3(C)C)c1. The fraction of sp³-hybridized carbons (Fsp3) is 0.385. The molecule has 0 radical (unpaired) electrons. The Bertz CT molecular complexity index is 1280. The van der Waals surface area contributed by atoms with E-state index in [2.05, 4.69) is 34.3 Å². The van der Waals surface area contributed by atoms with Gasteiger partial charge < -0.3 is 10.4 Å². The van der Waals surface area contributed by atoms with Gasteiger partial charge in [-0.2, -0.15) is 5.10 Å². The number of pyridine rings is 1. The minimum atomic E-state index is -0.677. The van der Waals surface area contributed by atoms with E-state index in [9.17, 15) is 18.7 Å². The number of halogens is 2. The zero-order chi connectivity index (χ0) is 24.3. The summed E-state index contributed by atoms with van der Waals surface area (Å²) >= 11 is 0. The van der Waals surface area contributed by atoms with Crippen LogP contribution in [0.5, 0.6) is 0 Å². The first-order valence-corrected chi connectivity index (χ1v) is 11.4. The van der Waals surface area contributed by atoms with E-state index in [-0.39, 0.29) is 41.1 Å². The van der Waals surface area contributed by atoms with Gasteiger partial charge in [0.15, 0.2) is 0 Å². The van der Waals surface area contributed by atoms with Crippen LogP contribution in [0, 0.1) is 17.0 Å². The van der Waals surface area contributed by atoms with Crippen LogP contribution < -0.4 is 5.32 Å². The zero-order valence-corrected chi connectivity index (χ0v) is 19.3. The molecule has 2 aromatic heterocycles. The average molecular weight is 465 g/mol. The molecule has 34 heavy (non-hydrogen) atoms. The van der Waals surface area contributed by atoms with E-state index in [1.807, 2.05) is 0 Å². The van der Waals surface area contributed by atoms with Gasteiger partial charge in [-0.1, -0.05) is 19.9 Å². The monoisotopic (exact) mass is 464 g/mol. The van der Waals surface area contributed by atoms with Crippen LogP contribution in [0.25, 0.3) is 11.3 Å². The van der Waals surface area contributed by atoms with E-state index >= 15 is 0 Å². The van der Waals surface area contributed by atoms with Gasteiger partial charge in [0.1, 0.15) is 11.6 Å². The maximum atomic E-state index is 14.4. The number of rotatable bonds is 5. The molecule has 1 saturated carbocycles. The molecule has 6 nitrogen and oxygen atoms in total. The second-order valence-corrected chi connectivity index (χ2v) is 9.84. The number of hydrogen-bond donors (Lipinski definition) is 2. The highest BCUT2D eigenvalue weighted by atomic mass is 19.1. The van der Waals surface area contributed by atoms with Crippen molar-refractivity contribution in [1.82, 2.24) is 20.5 Å². The summed E-state index contributed by atoms with van der Waals surface area (Å²) in [6.07, 6.45) is 3.26. The highest BCUT2D eigenvalue weighted by Crippen LogP contribution is 2.69. The van der Waals surface area contributed by atoms with Crippen LogP contribution in [0.3, 0.4) is 0 Å². The molecule has 8 heteroatoms. The molecule has 2 aliphatic carbocycles. The number of aliphatic hydroxyl groups excluding tert-OH is 1. The molecular weight excluding hydrogens is 438 g/mol. The van der Waals surface area contributed by atoms with Crippen molar-refractivity contribution in [3.8, 4) is 11.3 Å². The summed E-state index contributed by atoms with van der Waals surface area (Å²) in [4.78, 5) is 17.4. The average Bonchev–Trinajstić information content (AvgIpc) is 3.20. The van der Waals surface area contributed by atoms with Crippen LogP contribution in [-0.4, -0.2) is 38.8 Å². The molecule has 1 fully saturated rings. The van der Waals surface area contributed by atoms with E-state index in [4.69, 9.17) is 0 Å². The van der Waals surface area contributed by atoms with Crippen molar-refractivity contribution in [3.05, 3.63) is 76.7 Å². The van der Waals surface area contributed by atoms with E-state index in [1.54, 1.807) is 31.3 Å². The third-order valence-corrected chi connectivity index (χ3v) is 7.71. The smallest absolute Gasteiger partial charge is 0.251 e. The third kappa shape index (κ3) is 3.08. The molecule has 2 heterocycles. The second kappa shape index (κ2) is 7.91. The Hall–Kier alpha value is -3.26. The highest BCUT2D eigenvalue weighted by Gasteiger charge is 2.65. The van der Waals surface area contributed by atoms with E-state index in [0.29, 0.717) is 5.56 Å². The van der Waals surface area contributed by atoms with Gasteiger partial charge in [0.25, 0.3) is 5.91 Å². The van der Waals surface area contributed by atoms with Crippen molar-refractivity contribution in [2.24, 2.45) is 5.41 Å². The lowest BCUT2D eigenvalue weighted by molar-refractivity contribution is 0.0921. The number of aromatic nitrogens is 3. The summed E-state index contributed by atoms with van der Waals surface area (Å²) in [5, 5.41) is 20.8. The predicted octanol–water partition coefficient (Wildman–Crippen LogP) is 4.13. The number of fused-ring (bicyclic) bond motifs is 5. The summed E-state index contributed by atoms with van der Waals surface area (Å²) in [7, 11) is 0. The van der Waals surface area contributed by atoms with Crippen LogP contribution in [0.2, 0.25) is 0 Å². The van der Waals surface area contributed by atoms with Crippen molar-refractivity contribution in [2.75, 3.05) is 6.61 Å². The molecule has 2 bridgehead atoms. The van der Waals surface area contributed by atoms with Gasteiger partial charge in [0.2, 0.25) is 0 Å². The topological polar surface area (TPSA) is 88.0 Å². The largest absolute Gasteiger partial charge is 0.394 e. The fourth-order valence-corrected chi connectivity index (χ4v) is 5.91. The minimum absolute atomic E-state index is 0.111. The summed E-state index contributed by atoms with van der Waals surface area (Å²) in [5.41, 5.74) is 1.97. The summed E-state index contributed by atoms with van der Waals surface area (Å²) in [5.74, 6) is -1.53. The Balaban J connectivity index is 1.62. The third-order valence-electron chi connectivity index (χ3n) is 7.71. The highest BCUT2D eigenvalue weighted by molar-refractivity contribution is 5.94. The van der Waals surface area contributed by atoms with Gasteiger partial charge in [0.05, 0.1) is 34.7 Å².